The summed E-state index contributed by atoms with van der Waals surface area (Å²) in [5, 5.41) is 18.1. The third-order valence-corrected chi connectivity index (χ3v) is 6.41. The highest BCUT2D eigenvalue weighted by molar-refractivity contribution is 6.30. The number of carbonyl (C=O) groups excluding carboxylic acids is 1. The third kappa shape index (κ3) is 8.56. The SMILES string of the molecule is CCN(C)CCNCCC(=O)Nc1cc(Nc2cc(-c3cc(Cl)ccc3F)nnc2O[C@@H]2CCOC2)ccn1. The molecule has 39 heavy (non-hydrogen) atoms. The van der Waals surface area contributed by atoms with Crippen molar-refractivity contribution in [2.24, 2.45) is 0 Å². The predicted octanol–water partition coefficient (Wildman–Crippen LogP) is 4.11. The highest BCUT2D eigenvalue weighted by Crippen LogP contribution is 2.33. The number of hydrogen-bond donors (Lipinski definition) is 3. The Balaban J connectivity index is 1.46. The average Bonchev–Trinajstić information content (AvgIpc) is 3.44. The Labute approximate surface area is 232 Å². The van der Waals surface area contributed by atoms with Crippen LogP contribution in [0.3, 0.4) is 0 Å². The predicted molar refractivity (Wildman–Crippen MR) is 149 cm³/mol. The number of ether oxygens (including phenoxy) is 2. The monoisotopic (exact) mass is 557 g/mol. The Morgan fingerprint density at radius 1 is 1.23 bits per heavy atom. The van der Waals surface area contributed by atoms with Crippen LogP contribution in [0.15, 0.2) is 42.6 Å². The Kier molecular flexibility index (Phi) is 10.4. The molecule has 0 radical (unpaired) electrons. The highest BCUT2D eigenvalue weighted by atomic mass is 35.5. The van der Waals surface area contributed by atoms with E-state index in [4.69, 9.17) is 21.1 Å². The first-order chi connectivity index (χ1) is 18.9. The molecule has 3 N–H and O–H groups in total. The van der Waals surface area contributed by atoms with Crippen LogP contribution in [-0.2, 0) is 9.53 Å². The third-order valence-electron chi connectivity index (χ3n) is 6.18. The normalized spacial score (nSPS) is 14.9. The number of aromatic nitrogens is 3. The molecule has 1 fully saturated rings. The molecule has 3 aromatic rings. The minimum atomic E-state index is -0.474. The first kappa shape index (κ1) is 28.6. The summed E-state index contributed by atoms with van der Waals surface area (Å²) >= 11 is 6.09. The van der Waals surface area contributed by atoms with Crippen LogP contribution in [0.4, 0.5) is 21.6 Å². The van der Waals surface area contributed by atoms with Crippen LogP contribution in [0.1, 0.15) is 19.8 Å². The molecule has 1 atom stereocenters. The van der Waals surface area contributed by atoms with E-state index in [0.717, 1.165) is 26.1 Å². The molecule has 1 aromatic carbocycles. The second-order valence-corrected chi connectivity index (χ2v) is 9.61. The Morgan fingerprint density at radius 3 is 2.90 bits per heavy atom. The summed E-state index contributed by atoms with van der Waals surface area (Å²) in [6.07, 6.45) is 2.45. The number of pyridine rings is 1. The standard InChI is InChI=1S/C27H33ClFN7O3/c1-3-36(2)12-11-30-9-7-26(37)33-25-15-19(6-10-31-25)32-24-16-23(21-14-18(28)4-5-22(21)29)34-35-27(24)39-20-8-13-38-17-20/h4-6,10,14-16,20,30H,3,7-9,11-13,17H2,1-2H3,(H2,31,32,33,34,37)/t20-/m1/s1. The average molecular weight is 558 g/mol. The van der Waals surface area contributed by atoms with E-state index in [9.17, 15) is 9.18 Å². The van der Waals surface area contributed by atoms with Crippen molar-refractivity contribution in [1.29, 1.82) is 0 Å². The number of carbonyl (C=O) groups is 1. The molecule has 1 saturated heterocycles. The smallest absolute Gasteiger partial charge is 0.257 e. The van der Waals surface area contributed by atoms with Crippen molar-refractivity contribution in [2.45, 2.75) is 25.9 Å². The molecule has 2 aromatic heterocycles. The molecule has 4 rings (SSSR count). The van der Waals surface area contributed by atoms with Crippen LogP contribution in [0, 0.1) is 5.82 Å². The number of anilines is 3. The molecule has 12 heteroatoms. The van der Waals surface area contributed by atoms with E-state index in [1.165, 1.54) is 18.2 Å². The molecule has 3 heterocycles. The fourth-order valence-electron chi connectivity index (χ4n) is 3.84. The maximum absolute atomic E-state index is 14.5. The first-order valence-electron chi connectivity index (χ1n) is 12.9. The number of nitrogens with one attached hydrogen (secondary N) is 3. The number of rotatable bonds is 13. The van der Waals surface area contributed by atoms with Crippen molar-refractivity contribution in [3.05, 3.63) is 53.4 Å². The molecule has 10 nitrogen and oxygen atoms in total. The van der Waals surface area contributed by atoms with Gasteiger partial charge in [0.05, 0.1) is 18.9 Å². The number of amides is 1. The number of benzene rings is 1. The lowest BCUT2D eigenvalue weighted by molar-refractivity contribution is -0.116. The maximum Gasteiger partial charge on any atom is 0.257 e. The number of likely N-dealkylation sites (N-methyl/N-ethyl adjacent to an activating group) is 1. The molecular formula is C27H33ClFN7O3. The van der Waals surface area contributed by atoms with E-state index in [1.54, 1.807) is 24.4 Å². The van der Waals surface area contributed by atoms with Crippen molar-refractivity contribution in [2.75, 3.05) is 57.1 Å². The van der Waals surface area contributed by atoms with Crippen LogP contribution in [0.2, 0.25) is 5.02 Å². The molecule has 0 bridgehead atoms. The lowest BCUT2D eigenvalue weighted by Crippen LogP contribution is -2.30. The van der Waals surface area contributed by atoms with Crippen molar-refractivity contribution in [3.8, 4) is 17.1 Å². The van der Waals surface area contributed by atoms with E-state index in [1.807, 2.05) is 0 Å². The van der Waals surface area contributed by atoms with Crippen LogP contribution < -0.4 is 20.7 Å². The molecule has 0 unspecified atom stereocenters. The summed E-state index contributed by atoms with van der Waals surface area (Å²) < 4.78 is 26.0. The van der Waals surface area contributed by atoms with Gasteiger partial charge in [0.2, 0.25) is 5.91 Å². The molecule has 0 spiro atoms. The van der Waals surface area contributed by atoms with Crippen molar-refractivity contribution >= 4 is 34.7 Å². The fourth-order valence-corrected chi connectivity index (χ4v) is 4.01. The van der Waals surface area contributed by atoms with E-state index in [2.05, 4.69) is 50.0 Å². The van der Waals surface area contributed by atoms with Crippen LogP contribution >= 0.6 is 11.6 Å². The summed E-state index contributed by atoms with van der Waals surface area (Å²) in [5.74, 6) is 0.0215. The Morgan fingerprint density at radius 2 is 2.10 bits per heavy atom. The van der Waals surface area contributed by atoms with Crippen molar-refractivity contribution in [1.82, 2.24) is 25.4 Å². The fraction of sp³-hybridized carbons (Fsp3) is 0.407. The minimum absolute atomic E-state index is 0.148. The molecule has 1 aliphatic heterocycles. The van der Waals surface area contributed by atoms with Gasteiger partial charge in [0.1, 0.15) is 23.4 Å². The molecule has 0 saturated carbocycles. The largest absolute Gasteiger partial charge is 0.469 e. The van der Waals surface area contributed by atoms with Crippen LogP contribution in [-0.4, -0.2) is 78.5 Å². The minimum Gasteiger partial charge on any atom is -0.469 e. The molecular weight excluding hydrogens is 525 g/mol. The second-order valence-electron chi connectivity index (χ2n) is 9.17. The summed E-state index contributed by atoms with van der Waals surface area (Å²) in [5.41, 5.74) is 1.59. The highest BCUT2D eigenvalue weighted by Gasteiger charge is 2.21. The van der Waals surface area contributed by atoms with Crippen LogP contribution in [0.25, 0.3) is 11.3 Å². The van der Waals surface area contributed by atoms with Gasteiger partial charge in [0, 0.05) is 61.0 Å². The van der Waals surface area contributed by atoms with Gasteiger partial charge in [-0.15, -0.1) is 10.2 Å². The maximum atomic E-state index is 14.5. The summed E-state index contributed by atoms with van der Waals surface area (Å²) in [6, 6.07) is 9.33. The summed E-state index contributed by atoms with van der Waals surface area (Å²) in [6.45, 7) is 6.43. The zero-order valence-corrected chi connectivity index (χ0v) is 22.8. The van der Waals surface area contributed by atoms with Crippen molar-refractivity contribution in [3.63, 3.8) is 0 Å². The Bertz CT molecular complexity index is 1260. The van der Waals surface area contributed by atoms with Gasteiger partial charge in [-0.2, -0.15) is 0 Å². The van der Waals surface area contributed by atoms with Gasteiger partial charge in [0.25, 0.3) is 5.88 Å². The van der Waals surface area contributed by atoms with Gasteiger partial charge < -0.3 is 30.3 Å². The number of nitrogens with zero attached hydrogens (tertiary/aromatic N) is 4. The zero-order valence-electron chi connectivity index (χ0n) is 22.0. The van der Waals surface area contributed by atoms with E-state index in [0.29, 0.717) is 48.4 Å². The number of hydrogen-bond acceptors (Lipinski definition) is 9. The quantitative estimate of drug-likeness (QED) is 0.267. The van der Waals surface area contributed by atoms with E-state index < -0.39 is 5.82 Å². The van der Waals surface area contributed by atoms with Gasteiger partial charge >= 0.3 is 0 Å². The van der Waals surface area contributed by atoms with Gasteiger partial charge in [0.15, 0.2) is 0 Å². The summed E-state index contributed by atoms with van der Waals surface area (Å²) in [7, 11) is 2.05. The molecule has 1 amide bonds. The van der Waals surface area contributed by atoms with Gasteiger partial charge in [-0.25, -0.2) is 9.37 Å². The lowest BCUT2D eigenvalue weighted by Gasteiger charge is -2.16. The first-order valence-corrected chi connectivity index (χ1v) is 13.3. The van der Waals surface area contributed by atoms with Crippen LogP contribution in [0.5, 0.6) is 5.88 Å². The van der Waals surface area contributed by atoms with Gasteiger partial charge in [-0.1, -0.05) is 18.5 Å². The second kappa shape index (κ2) is 14.1. The van der Waals surface area contributed by atoms with Gasteiger partial charge in [-0.3, -0.25) is 4.79 Å². The Hall–Kier alpha value is -3.38. The molecule has 1 aliphatic rings. The van der Waals surface area contributed by atoms with E-state index >= 15 is 0 Å². The molecule has 208 valence electrons. The summed E-state index contributed by atoms with van der Waals surface area (Å²) in [4.78, 5) is 18.9. The molecule has 0 aliphatic carbocycles. The van der Waals surface area contributed by atoms with Gasteiger partial charge in [-0.05, 0) is 43.9 Å². The van der Waals surface area contributed by atoms with Crippen molar-refractivity contribution < 1.29 is 18.7 Å². The zero-order chi connectivity index (χ0) is 27.6. The topological polar surface area (TPSA) is 114 Å². The lowest BCUT2D eigenvalue weighted by atomic mass is 10.1. The number of halogens is 2. The van der Waals surface area contributed by atoms with E-state index in [-0.39, 0.29) is 29.1 Å².